The van der Waals surface area contributed by atoms with Gasteiger partial charge in [-0.2, -0.15) is 0 Å². The molecule has 180 valence electrons. The highest BCUT2D eigenvalue weighted by molar-refractivity contribution is 5.93. The van der Waals surface area contributed by atoms with E-state index in [-0.39, 0.29) is 23.5 Å². The molecule has 2 N–H and O–H groups in total. The molecular weight excluding hydrogens is 440 g/mol. The third-order valence-corrected chi connectivity index (χ3v) is 6.23. The monoisotopic (exact) mass is 468 g/mol. The zero-order valence-corrected chi connectivity index (χ0v) is 18.7. The number of aromatic nitrogens is 4. The molecule has 0 spiro atoms. The maximum Gasteiger partial charge on any atom is 0.290 e. The van der Waals surface area contributed by atoms with E-state index in [1.54, 1.807) is 25.0 Å². The van der Waals surface area contributed by atoms with Gasteiger partial charge in [-0.05, 0) is 43.0 Å². The van der Waals surface area contributed by atoms with Crippen molar-refractivity contribution < 1.29 is 19.1 Å². The van der Waals surface area contributed by atoms with E-state index in [1.807, 2.05) is 27.3 Å². The average molecular weight is 469 g/mol. The first-order chi connectivity index (χ1) is 16.6. The number of furan rings is 1. The first-order valence-electron chi connectivity index (χ1n) is 11.3. The lowest BCUT2D eigenvalue weighted by Crippen LogP contribution is -2.47. The molecule has 11 nitrogen and oxygen atoms in total. The van der Waals surface area contributed by atoms with Crippen LogP contribution in [0.2, 0.25) is 0 Å². The minimum Gasteiger partial charge on any atom is -0.483 e. The number of amides is 1. The molecule has 0 aliphatic carbocycles. The van der Waals surface area contributed by atoms with Gasteiger partial charge in [0.2, 0.25) is 0 Å². The molecule has 2 aliphatic rings. The highest BCUT2D eigenvalue weighted by Crippen LogP contribution is 2.35. The largest absolute Gasteiger partial charge is 0.483 e. The number of carbonyl (C=O) groups excluding carboxylic acids is 1. The second kappa shape index (κ2) is 10.9. The van der Waals surface area contributed by atoms with Gasteiger partial charge in [-0.25, -0.2) is 0 Å². The molecule has 0 unspecified atom stereocenters. The van der Waals surface area contributed by atoms with Gasteiger partial charge < -0.3 is 24.0 Å². The van der Waals surface area contributed by atoms with Crippen LogP contribution in [0.1, 0.15) is 40.6 Å². The number of piperidine rings is 1. The molecule has 11 heteroatoms. The second-order valence-corrected chi connectivity index (χ2v) is 8.57. The Kier molecular flexibility index (Phi) is 7.53. The number of aryl methyl sites for hydroxylation is 1. The van der Waals surface area contributed by atoms with Crippen LogP contribution in [-0.4, -0.2) is 61.4 Å². The van der Waals surface area contributed by atoms with Crippen molar-refractivity contribution in [3.8, 4) is 0 Å². The molecule has 0 saturated carbocycles. The second-order valence-electron chi connectivity index (χ2n) is 8.57. The molecule has 3 aromatic heterocycles. The molecular formula is C23H28N6O5. The molecule has 34 heavy (non-hydrogen) atoms. The van der Waals surface area contributed by atoms with Crippen LogP contribution in [0.25, 0.3) is 0 Å². The molecule has 0 aromatic carbocycles. The average Bonchev–Trinajstić information content (AvgIpc) is 3.52. The molecule has 2 bridgehead atoms. The number of nitrogens with one attached hydrogen (secondary N) is 1. The van der Waals surface area contributed by atoms with Crippen LogP contribution in [0, 0.1) is 5.92 Å². The number of pyridine rings is 1. The van der Waals surface area contributed by atoms with Crippen molar-refractivity contribution in [3.05, 3.63) is 70.6 Å². The Balaban J connectivity index is 0.000000868. The summed E-state index contributed by atoms with van der Waals surface area (Å²) in [6.45, 7) is 4.24. The molecule has 5 heterocycles. The third kappa shape index (κ3) is 5.42. The Morgan fingerprint density at radius 2 is 2.00 bits per heavy atom. The lowest BCUT2D eigenvalue weighted by Gasteiger charge is -2.42. The summed E-state index contributed by atoms with van der Waals surface area (Å²) in [4.78, 5) is 36.5. The fourth-order valence-electron chi connectivity index (χ4n) is 4.87. The number of fused-ring (bicyclic) bond motifs is 4. The Hall–Kier alpha value is -3.73. The van der Waals surface area contributed by atoms with Crippen LogP contribution < -0.4 is 10.9 Å². The van der Waals surface area contributed by atoms with Crippen LogP contribution in [0.15, 0.2) is 52.4 Å². The van der Waals surface area contributed by atoms with Gasteiger partial charge in [0.15, 0.2) is 0 Å². The first-order valence-corrected chi connectivity index (χ1v) is 11.3. The molecule has 2 atom stereocenters. The Morgan fingerprint density at radius 1 is 1.21 bits per heavy atom. The SMILES string of the molecule is O=C(NCCCn1cnnc1)c1ccc2n(c1=O)C[C@H]1C[C@@H]2CN(Cc2ccco2)C1.O=CO. The Morgan fingerprint density at radius 3 is 2.74 bits per heavy atom. The van der Waals surface area contributed by atoms with Crippen molar-refractivity contribution in [3.63, 3.8) is 0 Å². The van der Waals surface area contributed by atoms with E-state index in [0.717, 1.165) is 43.9 Å². The topological polar surface area (TPSA) is 135 Å². The van der Waals surface area contributed by atoms with Gasteiger partial charge in [0, 0.05) is 44.3 Å². The van der Waals surface area contributed by atoms with E-state index >= 15 is 0 Å². The van der Waals surface area contributed by atoms with Crippen molar-refractivity contribution in [1.82, 2.24) is 29.5 Å². The quantitative estimate of drug-likeness (QED) is 0.390. The summed E-state index contributed by atoms with van der Waals surface area (Å²) in [6, 6.07) is 7.57. The molecule has 1 saturated heterocycles. The summed E-state index contributed by atoms with van der Waals surface area (Å²) in [5.74, 6) is 1.37. The van der Waals surface area contributed by atoms with Crippen LogP contribution in [-0.2, 0) is 24.4 Å². The number of hydrogen-bond donors (Lipinski definition) is 2. The summed E-state index contributed by atoms with van der Waals surface area (Å²) in [6.07, 6.45) is 6.82. The van der Waals surface area contributed by atoms with Crippen LogP contribution in [0.4, 0.5) is 0 Å². The Labute approximate surface area is 196 Å². The molecule has 5 rings (SSSR count). The maximum absolute atomic E-state index is 13.1. The Bertz CT molecular complexity index is 1140. The normalized spacial score (nSPS) is 18.9. The van der Waals surface area contributed by atoms with Gasteiger partial charge in [-0.1, -0.05) is 0 Å². The highest BCUT2D eigenvalue weighted by Gasteiger charge is 2.35. The molecule has 1 amide bonds. The maximum atomic E-state index is 13.1. The lowest BCUT2D eigenvalue weighted by molar-refractivity contribution is -0.122. The molecule has 1 fully saturated rings. The van der Waals surface area contributed by atoms with Gasteiger partial charge in [0.1, 0.15) is 24.0 Å². The predicted octanol–water partition coefficient (Wildman–Crippen LogP) is 1.17. The number of likely N-dealkylation sites (tertiary alicyclic amines) is 1. The van der Waals surface area contributed by atoms with Crippen molar-refractivity contribution in [2.24, 2.45) is 5.92 Å². The number of nitrogens with zero attached hydrogens (tertiary/aromatic N) is 5. The third-order valence-electron chi connectivity index (χ3n) is 6.23. The lowest BCUT2D eigenvalue weighted by atomic mass is 9.83. The van der Waals surface area contributed by atoms with Crippen LogP contribution in [0.5, 0.6) is 0 Å². The zero-order chi connectivity index (χ0) is 23.9. The summed E-state index contributed by atoms with van der Waals surface area (Å²) in [5.41, 5.74) is 1.08. The van der Waals surface area contributed by atoms with Crippen molar-refractivity contribution in [2.45, 2.75) is 38.4 Å². The van der Waals surface area contributed by atoms with Crippen molar-refractivity contribution in [2.75, 3.05) is 19.6 Å². The fraction of sp³-hybridized carbons (Fsp3) is 0.435. The van der Waals surface area contributed by atoms with E-state index in [4.69, 9.17) is 14.3 Å². The van der Waals surface area contributed by atoms with E-state index in [9.17, 15) is 9.59 Å². The minimum absolute atomic E-state index is 0.178. The van der Waals surface area contributed by atoms with Crippen LogP contribution >= 0.6 is 0 Å². The molecule has 0 radical (unpaired) electrons. The van der Waals surface area contributed by atoms with E-state index in [0.29, 0.717) is 31.5 Å². The predicted molar refractivity (Wildman–Crippen MR) is 121 cm³/mol. The van der Waals surface area contributed by atoms with Gasteiger partial charge in [0.25, 0.3) is 17.9 Å². The molecule has 3 aromatic rings. The van der Waals surface area contributed by atoms with Crippen molar-refractivity contribution >= 4 is 12.4 Å². The first kappa shape index (κ1) is 23.4. The smallest absolute Gasteiger partial charge is 0.290 e. The van der Waals surface area contributed by atoms with Gasteiger partial charge in [0.05, 0.1) is 12.8 Å². The van der Waals surface area contributed by atoms with Gasteiger partial charge in [-0.3, -0.25) is 19.3 Å². The summed E-state index contributed by atoms with van der Waals surface area (Å²) < 4.78 is 9.18. The summed E-state index contributed by atoms with van der Waals surface area (Å²) in [5, 5.41) is 17.3. The summed E-state index contributed by atoms with van der Waals surface area (Å²) in [7, 11) is 0. The van der Waals surface area contributed by atoms with E-state index < -0.39 is 0 Å². The molecule has 2 aliphatic heterocycles. The van der Waals surface area contributed by atoms with E-state index in [1.165, 1.54) is 0 Å². The zero-order valence-electron chi connectivity index (χ0n) is 18.7. The number of rotatable bonds is 7. The van der Waals surface area contributed by atoms with Gasteiger partial charge in [-0.15, -0.1) is 10.2 Å². The number of hydrogen-bond acceptors (Lipinski definition) is 7. The van der Waals surface area contributed by atoms with Crippen LogP contribution in [0.3, 0.4) is 0 Å². The van der Waals surface area contributed by atoms with E-state index in [2.05, 4.69) is 20.4 Å². The standard InChI is InChI=1S/C22H26N6O3.CH2O2/c29-21(23-6-2-7-26-14-24-25-15-26)19-4-5-20-17-9-16(11-28(20)22(19)30)10-27(12-17)13-18-3-1-8-31-18;2-1-3/h1,3-5,8,14-17H,2,6-7,9-13H2,(H,23,29);1H,(H,2,3)/t16-,17+;/m0./s1. The van der Waals surface area contributed by atoms with Crippen molar-refractivity contribution in [1.29, 1.82) is 0 Å². The number of carboxylic acid groups (broad SMARTS) is 1. The summed E-state index contributed by atoms with van der Waals surface area (Å²) >= 11 is 0. The fourth-order valence-corrected chi connectivity index (χ4v) is 4.87. The van der Waals surface area contributed by atoms with Gasteiger partial charge >= 0.3 is 0 Å². The number of carbonyl (C=O) groups is 2. The highest BCUT2D eigenvalue weighted by atomic mass is 16.3. The minimum atomic E-state index is -0.306.